The van der Waals surface area contributed by atoms with Gasteiger partial charge in [-0.15, -0.1) is 0 Å². The van der Waals surface area contributed by atoms with Crippen LogP contribution in [0.5, 0.6) is 5.75 Å². The van der Waals surface area contributed by atoms with Crippen LogP contribution < -0.4 is 15.7 Å². The summed E-state index contributed by atoms with van der Waals surface area (Å²) in [6, 6.07) is 7.17. The third-order valence-electron chi connectivity index (χ3n) is 4.08. The molecule has 0 radical (unpaired) electrons. The number of aryl methyl sites for hydroxylation is 2. The lowest BCUT2D eigenvalue weighted by atomic mass is 10.0. The van der Waals surface area contributed by atoms with E-state index in [9.17, 15) is 9.59 Å². The Bertz CT molecular complexity index is 970. The molecule has 6 nitrogen and oxygen atoms in total. The standard InChI is InChI=1S/C19H19NO5/c1-11-7-15(23-3)18-12(2)14(19(22)25-16(18)8-11)9-17(21)20-10-13-5-4-6-24-13/h4-8H,9-10H2,1-3H3,(H,20,21). The fraction of sp³-hybridized carbons (Fsp3) is 0.263. The Kier molecular flexibility index (Phi) is 4.61. The number of ether oxygens (including phenoxy) is 1. The van der Waals surface area contributed by atoms with E-state index in [0.29, 0.717) is 33.6 Å². The summed E-state index contributed by atoms with van der Waals surface area (Å²) in [7, 11) is 1.56. The molecule has 0 saturated heterocycles. The molecule has 3 aromatic rings. The monoisotopic (exact) mass is 341 g/mol. The summed E-state index contributed by atoms with van der Waals surface area (Å²) in [5, 5.41) is 3.44. The van der Waals surface area contributed by atoms with E-state index in [1.54, 1.807) is 32.2 Å². The van der Waals surface area contributed by atoms with Crippen molar-refractivity contribution in [2.45, 2.75) is 26.8 Å². The first-order valence-electron chi connectivity index (χ1n) is 7.89. The van der Waals surface area contributed by atoms with E-state index in [4.69, 9.17) is 13.6 Å². The molecule has 0 fully saturated rings. The average Bonchev–Trinajstić information content (AvgIpc) is 3.09. The molecule has 25 heavy (non-hydrogen) atoms. The SMILES string of the molecule is COc1cc(C)cc2oc(=O)c(CC(=O)NCc3ccco3)c(C)c12. The number of amides is 1. The summed E-state index contributed by atoms with van der Waals surface area (Å²) in [6.45, 7) is 3.96. The topological polar surface area (TPSA) is 81.7 Å². The van der Waals surface area contributed by atoms with E-state index < -0.39 is 5.63 Å². The van der Waals surface area contributed by atoms with Crippen LogP contribution in [0.3, 0.4) is 0 Å². The Morgan fingerprint density at radius 3 is 2.76 bits per heavy atom. The van der Waals surface area contributed by atoms with E-state index in [-0.39, 0.29) is 18.9 Å². The van der Waals surface area contributed by atoms with Crippen LogP contribution in [-0.4, -0.2) is 13.0 Å². The molecule has 0 atom stereocenters. The highest BCUT2D eigenvalue weighted by atomic mass is 16.5. The number of rotatable bonds is 5. The van der Waals surface area contributed by atoms with Crippen molar-refractivity contribution < 1.29 is 18.4 Å². The maximum absolute atomic E-state index is 12.3. The number of methoxy groups -OCH3 is 1. The van der Waals surface area contributed by atoms with Gasteiger partial charge in [-0.1, -0.05) is 0 Å². The number of benzene rings is 1. The van der Waals surface area contributed by atoms with Gasteiger partial charge in [0.15, 0.2) is 0 Å². The van der Waals surface area contributed by atoms with Crippen molar-refractivity contribution in [2.24, 2.45) is 0 Å². The number of furan rings is 1. The fourth-order valence-electron chi connectivity index (χ4n) is 2.82. The van der Waals surface area contributed by atoms with Gasteiger partial charge in [-0.2, -0.15) is 0 Å². The lowest BCUT2D eigenvalue weighted by molar-refractivity contribution is -0.120. The van der Waals surface area contributed by atoms with Gasteiger partial charge in [-0.3, -0.25) is 4.79 Å². The summed E-state index contributed by atoms with van der Waals surface area (Å²) in [5.74, 6) is 0.985. The quantitative estimate of drug-likeness (QED) is 0.722. The van der Waals surface area contributed by atoms with Gasteiger partial charge in [0.25, 0.3) is 0 Å². The fourth-order valence-corrected chi connectivity index (χ4v) is 2.82. The predicted molar refractivity (Wildman–Crippen MR) is 92.8 cm³/mol. The molecule has 0 bridgehead atoms. The van der Waals surface area contributed by atoms with Crippen molar-refractivity contribution in [1.29, 1.82) is 0 Å². The van der Waals surface area contributed by atoms with Gasteiger partial charge in [0.2, 0.25) is 5.91 Å². The second kappa shape index (κ2) is 6.84. The third-order valence-corrected chi connectivity index (χ3v) is 4.08. The van der Waals surface area contributed by atoms with Gasteiger partial charge < -0.3 is 18.9 Å². The van der Waals surface area contributed by atoms with Crippen LogP contribution in [0.4, 0.5) is 0 Å². The highest BCUT2D eigenvalue weighted by Crippen LogP contribution is 2.30. The van der Waals surface area contributed by atoms with Gasteiger partial charge in [0, 0.05) is 0 Å². The van der Waals surface area contributed by atoms with Crippen LogP contribution in [0.15, 0.2) is 44.2 Å². The molecule has 0 aliphatic heterocycles. The summed E-state index contributed by atoms with van der Waals surface area (Å²) in [4.78, 5) is 24.5. The molecule has 0 unspecified atom stereocenters. The van der Waals surface area contributed by atoms with Crippen molar-refractivity contribution in [3.63, 3.8) is 0 Å². The first kappa shape index (κ1) is 16.8. The van der Waals surface area contributed by atoms with Crippen LogP contribution in [0.25, 0.3) is 11.0 Å². The van der Waals surface area contributed by atoms with E-state index >= 15 is 0 Å². The summed E-state index contributed by atoms with van der Waals surface area (Å²) in [6.07, 6.45) is 1.47. The van der Waals surface area contributed by atoms with Crippen molar-refractivity contribution in [3.05, 3.63) is 63.4 Å². The predicted octanol–water partition coefficient (Wildman–Crippen LogP) is 2.87. The molecule has 0 aliphatic rings. The number of hydrogen-bond donors (Lipinski definition) is 1. The Morgan fingerprint density at radius 2 is 2.08 bits per heavy atom. The summed E-state index contributed by atoms with van der Waals surface area (Å²) in [5.41, 5.74) is 1.89. The highest BCUT2D eigenvalue weighted by molar-refractivity contribution is 5.89. The van der Waals surface area contributed by atoms with E-state index in [1.807, 2.05) is 13.0 Å². The molecule has 0 saturated carbocycles. The third kappa shape index (κ3) is 3.42. The van der Waals surface area contributed by atoms with Crippen molar-refractivity contribution in [1.82, 2.24) is 5.32 Å². The summed E-state index contributed by atoms with van der Waals surface area (Å²) < 4.78 is 16.0. The molecule has 130 valence electrons. The van der Waals surface area contributed by atoms with Crippen LogP contribution in [0, 0.1) is 13.8 Å². The molecule has 2 aromatic heterocycles. The number of nitrogens with one attached hydrogen (secondary N) is 1. The molecule has 3 rings (SSSR count). The first-order valence-corrected chi connectivity index (χ1v) is 7.89. The zero-order valence-electron chi connectivity index (χ0n) is 14.3. The molecule has 0 aliphatic carbocycles. The maximum Gasteiger partial charge on any atom is 0.340 e. The van der Waals surface area contributed by atoms with Crippen molar-refractivity contribution >= 4 is 16.9 Å². The Morgan fingerprint density at radius 1 is 1.28 bits per heavy atom. The minimum atomic E-state index is -0.509. The Hall–Kier alpha value is -3.02. The molecule has 0 spiro atoms. The number of carbonyl (C=O) groups excluding carboxylic acids is 1. The number of carbonyl (C=O) groups is 1. The smallest absolute Gasteiger partial charge is 0.340 e. The van der Waals surface area contributed by atoms with Gasteiger partial charge in [0.05, 0.1) is 37.3 Å². The van der Waals surface area contributed by atoms with Crippen LogP contribution in [0.2, 0.25) is 0 Å². The average molecular weight is 341 g/mol. The van der Waals surface area contributed by atoms with Crippen LogP contribution in [-0.2, 0) is 17.8 Å². The zero-order chi connectivity index (χ0) is 18.0. The first-order chi connectivity index (χ1) is 12.0. The normalized spacial score (nSPS) is 10.8. The molecule has 1 amide bonds. The largest absolute Gasteiger partial charge is 0.496 e. The highest BCUT2D eigenvalue weighted by Gasteiger charge is 2.18. The molecule has 1 aromatic carbocycles. The van der Waals surface area contributed by atoms with Crippen LogP contribution >= 0.6 is 0 Å². The molecule has 2 heterocycles. The van der Waals surface area contributed by atoms with Gasteiger partial charge in [0.1, 0.15) is 17.1 Å². The molecule has 6 heteroatoms. The molecular weight excluding hydrogens is 322 g/mol. The van der Waals surface area contributed by atoms with Crippen molar-refractivity contribution in [2.75, 3.05) is 7.11 Å². The minimum absolute atomic E-state index is 0.0676. The Balaban J connectivity index is 1.92. The van der Waals surface area contributed by atoms with Gasteiger partial charge in [-0.05, 0) is 49.2 Å². The Labute approximate surface area is 144 Å². The number of hydrogen-bond acceptors (Lipinski definition) is 5. The minimum Gasteiger partial charge on any atom is -0.496 e. The van der Waals surface area contributed by atoms with Crippen molar-refractivity contribution in [3.8, 4) is 5.75 Å². The van der Waals surface area contributed by atoms with Gasteiger partial charge in [-0.25, -0.2) is 4.79 Å². The number of fused-ring (bicyclic) bond motifs is 1. The van der Waals surface area contributed by atoms with Gasteiger partial charge >= 0.3 is 5.63 Å². The zero-order valence-corrected chi connectivity index (χ0v) is 14.3. The van der Waals surface area contributed by atoms with E-state index in [2.05, 4.69) is 5.32 Å². The lowest BCUT2D eigenvalue weighted by Gasteiger charge is -2.12. The summed E-state index contributed by atoms with van der Waals surface area (Å²) >= 11 is 0. The lowest BCUT2D eigenvalue weighted by Crippen LogP contribution is -2.27. The van der Waals surface area contributed by atoms with E-state index in [0.717, 1.165) is 5.56 Å². The van der Waals surface area contributed by atoms with E-state index in [1.165, 1.54) is 6.26 Å². The maximum atomic E-state index is 12.3. The molecule has 1 N–H and O–H groups in total. The second-order valence-corrected chi connectivity index (χ2v) is 5.87. The second-order valence-electron chi connectivity index (χ2n) is 5.87. The molecular formula is C19H19NO5. The van der Waals surface area contributed by atoms with Crippen LogP contribution in [0.1, 0.15) is 22.5 Å².